The standard InChI is InChI=1S/C14H32N4/c1-7-15-13(16-9-8-12(2)3)17-10-11-18-14(4,5)6/h12,18H,7-11H2,1-6H3,(H2,15,16,17). The molecule has 0 aliphatic heterocycles. The Labute approximate surface area is 113 Å². The zero-order chi connectivity index (χ0) is 14.0. The summed E-state index contributed by atoms with van der Waals surface area (Å²) in [6.45, 7) is 16.7. The first kappa shape index (κ1) is 17.2. The minimum absolute atomic E-state index is 0.175. The van der Waals surface area contributed by atoms with Gasteiger partial charge >= 0.3 is 0 Å². The van der Waals surface area contributed by atoms with E-state index in [-0.39, 0.29) is 5.54 Å². The average Bonchev–Trinajstić information content (AvgIpc) is 2.22. The molecule has 0 saturated carbocycles. The summed E-state index contributed by atoms with van der Waals surface area (Å²) in [6.07, 6.45) is 1.14. The molecule has 0 amide bonds. The summed E-state index contributed by atoms with van der Waals surface area (Å²) in [7, 11) is 0. The molecule has 18 heavy (non-hydrogen) atoms. The molecular weight excluding hydrogens is 224 g/mol. The van der Waals surface area contributed by atoms with Crippen LogP contribution in [0.2, 0.25) is 0 Å². The molecule has 0 aliphatic carbocycles. The average molecular weight is 256 g/mol. The molecule has 0 aromatic heterocycles. The van der Waals surface area contributed by atoms with Gasteiger partial charge in [0.2, 0.25) is 0 Å². The second kappa shape index (κ2) is 9.20. The van der Waals surface area contributed by atoms with Crippen LogP contribution in [-0.2, 0) is 0 Å². The fourth-order valence-electron chi connectivity index (χ4n) is 1.39. The van der Waals surface area contributed by atoms with E-state index < -0.39 is 0 Å². The van der Waals surface area contributed by atoms with Gasteiger partial charge in [0.25, 0.3) is 0 Å². The first-order valence-electron chi connectivity index (χ1n) is 7.12. The molecule has 108 valence electrons. The monoisotopic (exact) mass is 256 g/mol. The van der Waals surface area contributed by atoms with Crippen LogP contribution < -0.4 is 16.0 Å². The summed E-state index contributed by atoms with van der Waals surface area (Å²) >= 11 is 0. The highest BCUT2D eigenvalue weighted by molar-refractivity contribution is 5.79. The van der Waals surface area contributed by atoms with Crippen molar-refractivity contribution in [1.82, 2.24) is 16.0 Å². The van der Waals surface area contributed by atoms with Gasteiger partial charge in [-0.3, -0.25) is 4.99 Å². The number of nitrogens with zero attached hydrogens (tertiary/aromatic N) is 1. The number of aliphatic imine (C=N–C) groups is 1. The molecule has 0 aromatic carbocycles. The lowest BCUT2D eigenvalue weighted by Gasteiger charge is -2.21. The predicted octanol–water partition coefficient (Wildman–Crippen LogP) is 1.98. The molecule has 0 aromatic rings. The normalized spacial score (nSPS) is 12.9. The van der Waals surface area contributed by atoms with Crippen molar-refractivity contribution in [2.24, 2.45) is 10.9 Å². The maximum absolute atomic E-state index is 4.55. The molecule has 0 atom stereocenters. The van der Waals surface area contributed by atoms with Crippen molar-refractivity contribution in [1.29, 1.82) is 0 Å². The van der Waals surface area contributed by atoms with Gasteiger partial charge in [0.1, 0.15) is 0 Å². The molecule has 0 heterocycles. The summed E-state index contributed by atoms with van der Waals surface area (Å²) in [5.74, 6) is 1.63. The van der Waals surface area contributed by atoms with E-state index in [1.165, 1.54) is 0 Å². The van der Waals surface area contributed by atoms with Crippen LogP contribution in [0.4, 0.5) is 0 Å². The Morgan fingerprint density at radius 1 is 1.11 bits per heavy atom. The number of hydrogen-bond acceptors (Lipinski definition) is 2. The van der Waals surface area contributed by atoms with Crippen molar-refractivity contribution in [3.63, 3.8) is 0 Å². The quantitative estimate of drug-likeness (QED) is 0.371. The second-order valence-corrected chi connectivity index (χ2v) is 6.05. The van der Waals surface area contributed by atoms with Crippen LogP contribution in [-0.4, -0.2) is 37.7 Å². The molecule has 0 bridgehead atoms. The summed E-state index contributed by atoms with van der Waals surface area (Å²) in [4.78, 5) is 4.55. The van der Waals surface area contributed by atoms with Crippen LogP contribution in [0, 0.1) is 5.92 Å². The van der Waals surface area contributed by atoms with Gasteiger partial charge in [0, 0.05) is 31.7 Å². The van der Waals surface area contributed by atoms with Crippen LogP contribution in [0.3, 0.4) is 0 Å². The van der Waals surface area contributed by atoms with Gasteiger partial charge in [0.15, 0.2) is 5.96 Å². The van der Waals surface area contributed by atoms with Gasteiger partial charge in [-0.05, 0) is 40.0 Å². The largest absolute Gasteiger partial charge is 0.357 e. The highest BCUT2D eigenvalue weighted by Gasteiger charge is 2.07. The maximum atomic E-state index is 4.55. The van der Waals surface area contributed by atoms with Gasteiger partial charge in [0.05, 0.1) is 0 Å². The number of nitrogens with one attached hydrogen (secondary N) is 3. The SMILES string of the molecule is CCNC(=NCCC(C)C)NCCNC(C)(C)C. The summed E-state index contributed by atoms with van der Waals surface area (Å²) in [5, 5.41) is 10.1. The highest BCUT2D eigenvalue weighted by atomic mass is 15.2. The van der Waals surface area contributed by atoms with Gasteiger partial charge in [-0.2, -0.15) is 0 Å². The van der Waals surface area contributed by atoms with Crippen molar-refractivity contribution < 1.29 is 0 Å². The number of hydrogen-bond donors (Lipinski definition) is 3. The third-order valence-corrected chi connectivity index (χ3v) is 2.39. The van der Waals surface area contributed by atoms with Crippen LogP contribution >= 0.6 is 0 Å². The van der Waals surface area contributed by atoms with E-state index in [0.29, 0.717) is 5.92 Å². The molecule has 0 saturated heterocycles. The topological polar surface area (TPSA) is 48.5 Å². The third-order valence-electron chi connectivity index (χ3n) is 2.39. The Balaban J connectivity index is 3.89. The Kier molecular flexibility index (Phi) is 8.81. The van der Waals surface area contributed by atoms with Crippen molar-refractivity contribution >= 4 is 5.96 Å². The van der Waals surface area contributed by atoms with E-state index in [1.807, 2.05) is 0 Å². The fourth-order valence-corrected chi connectivity index (χ4v) is 1.39. The first-order chi connectivity index (χ1) is 8.35. The Bertz CT molecular complexity index is 228. The lowest BCUT2D eigenvalue weighted by molar-refractivity contribution is 0.428. The molecule has 0 fully saturated rings. The molecule has 4 heteroatoms. The van der Waals surface area contributed by atoms with Crippen molar-refractivity contribution in [3.8, 4) is 0 Å². The first-order valence-corrected chi connectivity index (χ1v) is 7.12. The third kappa shape index (κ3) is 11.7. The van der Waals surface area contributed by atoms with Gasteiger partial charge < -0.3 is 16.0 Å². The number of rotatable bonds is 7. The summed E-state index contributed by atoms with van der Waals surface area (Å²) < 4.78 is 0. The Hall–Kier alpha value is -0.770. The Morgan fingerprint density at radius 3 is 2.28 bits per heavy atom. The van der Waals surface area contributed by atoms with E-state index >= 15 is 0 Å². The second-order valence-electron chi connectivity index (χ2n) is 6.05. The lowest BCUT2D eigenvalue weighted by Crippen LogP contribution is -2.44. The molecular formula is C14H32N4. The zero-order valence-corrected chi connectivity index (χ0v) is 13.1. The van der Waals surface area contributed by atoms with E-state index in [0.717, 1.165) is 38.6 Å². The van der Waals surface area contributed by atoms with E-state index in [1.54, 1.807) is 0 Å². The van der Waals surface area contributed by atoms with Crippen molar-refractivity contribution in [3.05, 3.63) is 0 Å². The van der Waals surface area contributed by atoms with Crippen molar-refractivity contribution in [2.45, 2.75) is 53.5 Å². The Morgan fingerprint density at radius 2 is 1.78 bits per heavy atom. The minimum Gasteiger partial charge on any atom is -0.357 e. The predicted molar refractivity (Wildman–Crippen MR) is 81.2 cm³/mol. The fraction of sp³-hybridized carbons (Fsp3) is 0.929. The van der Waals surface area contributed by atoms with E-state index in [9.17, 15) is 0 Å². The zero-order valence-electron chi connectivity index (χ0n) is 13.1. The highest BCUT2D eigenvalue weighted by Crippen LogP contribution is 1.98. The van der Waals surface area contributed by atoms with E-state index in [4.69, 9.17) is 0 Å². The van der Waals surface area contributed by atoms with Crippen LogP contribution in [0.15, 0.2) is 4.99 Å². The molecule has 0 rings (SSSR count). The van der Waals surface area contributed by atoms with Crippen LogP contribution in [0.1, 0.15) is 48.0 Å². The minimum atomic E-state index is 0.175. The summed E-state index contributed by atoms with van der Waals surface area (Å²) in [5.41, 5.74) is 0.175. The van der Waals surface area contributed by atoms with Crippen LogP contribution in [0.5, 0.6) is 0 Å². The van der Waals surface area contributed by atoms with Gasteiger partial charge in [-0.25, -0.2) is 0 Å². The summed E-state index contributed by atoms with van der Waals surface area (Å²) in [6, 6.07) is 0. The van der Waals surface area contributed by atoms with Crippen molar-refractivity contribution in [2.75, 3.05) is 26.2 Å². The molecule has 3 N–H and O–H groups in total. The van der Waals surface area contributed by atoms with Gasteiger partial charge in [-0.15, -0.1) is 0 Å². The molecule has 0 unspecified atom stereocenters. The smallest absolute Gasteiger partial charge is 0.191 e. The van der Waals surface area contributed by atoms with Crippen LogP contribution in [0.25, 0.3) is 0 Å². The molecule has 0 aliphatic rings. The molecule has 4 nitrogen and oxygen atoms in total. The van der Waals surface area contributed by atoms with Gasteiger partial charge in [-0.1, -0.05) is 13.8 Å². The molecule has 0 radical (unpaired) electrons. The molecule has 0 spiro atoms. The van der Waals surface area contributed by atoms with E-state index in [2.05, 4.69) is 62.5 Å². The lowest BCUT2D eigenvalue weighted by atomic mass is 10.1. The maximum Gasteiger partial charge on any atom is 0.191 e. The number of guanidine groups is 1.